The van der Waals surface area contributed by atoms with Crippen molar-refractivity contribution in [3.05, 3.63) is 42.2 Å². The molecule has 0 spiro atoms. The summed E-state index contributed by atoms with van der Waals surface area (Å²) in [7, 11) is 0. The van der Waals surface area contributed by atoms with Gasteiger partial charge >= 0.3 is 5.97 Å². The lowest BCUT2D eigenvalue weighted by Gasteiger charge is -2.01. The quantitative estimate of drug-likeness (QED) is 0.760. The van der Waals surface area contributed by atoms with Gasteiger partial charge in [0.15, 0.2) is 0 Å². The van der Waals surface area contributed by atoms with Crippen molar-refractivity contribution in [3.63, 3.8) is 0 Å². The number of benzene rings is 1. The maximum absolute atomic E-state index is 9.70. The minimum atomic E-state index is -0.773. The van der Waals surface area contributed by atoms with Crippen LogP contribution in [0.1, 0.15) is 18.4 Å². The van der Waals surface area contributed by atoms with Crippen LogP contribution in [0.3, 0.4) is 0 Å². The minimum absolute atomic E-state index is 0.191. The zero-order chi connectivity index (χ0) is 13.2. The summed E-state index contributed by atoms with van der Waals surface area (Å²) in [6, 6.07) is 8.05. The van der Waals surface area contributed by atoms with E-state index in [1.165, 1.54) is 0 Å². The normalized spacial score (nSPS) is 11.6. The Hall–Kier alpha value is -2.14. The van der Waals surface area contributed by atoms with Gasteiger partial charge < -0.3 is 16.2 Å². The molecule has 1 aliphatic heterocycles. The van der Waals surface area contributed by atoms with Gasteiger partial charge in [-0.1, -0.05) is 18.2 Å². The van der Waals surface area contributed by atoms with E-state index in [9.17, 15) is 4.79 Å². The van der Waals surface area contributed by atoms with Crippen LogP contribution in [0.5, 0.6) is 0 Å². The SMILES string of the molecule is C1=CNc2ccccc2C=N1.NCCCC(=O)O. The third-order valence-electron chi connectivity index (χ3n) is 2.17. The van der Waals surface area contributed by atoms with Crippen molar-refractivity contribution in [2.24, 2.45) is 10.7 Å². The van der Waals surface area contributed by atoms with Gasteiger partial charge in [-0.25, -0.2) is 0 Å². The molecule has 0 saturated carbocycles. The highest BCUT2D eigenvalue weighted by Crippen LogP contribution is 2.13. The maximum Gasteiger partial charge on any atom is 0.303 e. The van der Waals surface area contributed by atoms with Gasteiger partial charge in [-0.05, 0) is 19.0 Å². The lowest BCUT2D eigenvalue weighted by Crippen LogP contribution is -2.02. The molecule has 1 aromatic carbocycles. The fourth-order valence-corrected chi connectivity index (χ4v) is 1.29. The molecular weight excluding hydrogens is 230 g/mol. The molecule has 4 N–H and O–H groups in total. The number of nitrogens with one attached hydrogen (secondary N) is 1. The number of anilines is 1. The first-order valence-corrected chi connectivity index (χ1v) is 5.69. The minimum Gasteiger partial charge on any atom is -0.481 e. The summed E-state index contributed by atoms with van der Waals surface area (Å²) in [6.07, 6.45) is 6.17. The Morgan fingerprint density at radius 2 is 2.17 bits per heavy atom. The van der Waals surface area contributed by atoms with Crippen molar-refractivity contribution in [3.8, 4) is 0 Å². The number of carbonyl (C=O) groups is 1. The van der Waals surface area contributed by atoms with Crippen molar-refractivity contribution in [2.45, 2.75) is 12.8 Å². The van der Waals surface area contributed by atoms with Gasteiger partial charge in [0.2, 0.25) is 0 Å². The van der Waals surface area contributed by atoms with E-state index < -0.39 is 5.97 Å². The van der Waals surface area contributed by atoms with E-state index in [-0.39, 0.29) is 6.42 Å². The highest BCUT2D eigenvalue weighted by molar-refractivity contribution is 5.88. The molecule has 5 nitrogen and oxygen atoms in total. The number of hydrogen-bond acceptors (Lipinski definition) is 4. The largest absolute Gasteiger partial charge is 0.481 e. The number of hydrogen-bond donors (Lipinski definition) is 3. The van der Waals surface area contributed by atoms with Crippen LogP contribution in [0, 0.1) is 0 Å². The fourth-order valence-electron chi connectivity index (χ4n) is 1.29. The topological polar surface area (TPSA) is 87.7 Å². The lowest BCUT2D eigenvalue weighted by atomic mass is 10.2. The molecule has 1 aromatic rings. The van der Waals surface area contributed by atoms with E-state index in [1.807, 2.05) is 36.7 Å². The molecule has 1 aliphatic rings. The van der Waals surface area contributed by atoms with Crippen LogP contribution < -0.4 is 11.1 Å². The van der Waals surface area contributed by atoms with Crippen LogP contribution in [-0.4, -0.2) is 23.8 Å². The average Bonchev–Trinajstić information content (AvgIpc) is 2.62. The number of aliphatic carboxylic acids is 1. The molecule has 96 valence electrons. The summed E-state index contributed by atoms with van der Waals surface area (Å²) < 4.78 is 0. The van der Waals surface area contributed by atoms with Crippen molar-refractivity contribution in [2.75, 3.05) is 11.9 Å². The van der Waals surface area contributed by atoms with Crippen LogP contribution in [0.15, 0.2) is 41.7 Å². The zero-order valence-electron chi connectivity index (χ0n) is 10.0. The number of carboxylic acids is 1. The molecule has 0 aromatic heterocycles. The Bertz CT molecular complexity index is 442. The van der Waals surface area contributed by atoms with Crippen LogP contribution in [-0.2, 0) is 4.79 Å². The Morgan fingerprint density at radius 1 is 1.39 bits per heavy atom. The lowest BCUT2D eigenvalue weighted by molar-refractivity contribution is -0.137. The second kappa shape index (κ2) is 8.03. The Labute approximate surface area is 106 Å². The van der Waals surface area contributed by atoms with Gasteiger partial charge in [0.1, 0.15) is 0 Å². The first-order valence-electron chi connectivity index (χ1n) is 5.69. The summed E-state index contributed by atoms with van der Waals surface area (Å²) in [4.78, 5) is 13.7. The molecule has 1 heterocycles. The van der Waals surface area contributed by atoms with Crippen LogP contribution in [0.4, 0.5) is 5.69 Å². The van der Waals surface area contributed by atoms with Gasteiger partial charge in [0.05, 0.1) is 0 Å². The number of para-hydroxylation sites is 1. The maximum atomic E-state index is 9.70. The molecule has 0 fully saturated rings. The van der Waals surface area contributed by atoms with E-state index in [2.05, 4.69) is 10.3 Å². The first-order chi connectivity index (χ1) is 8.74. The van der Waals surface area contributed by atoms with Gasteiger partial charge in [0, 0.05) is 36.3 Å². The Morgan fingerprint density at radius 3 is 2.83 bits per heavy atom. The first kappa shape index (κ1) is 13.9. The smallest absolute Gasteiger partial charge is 0.303 e. The van der Waals surface area contributed by atoms with E-state index in [0.717, 1.165) is 11.3 Å². The van der Waals surface area contributed by atoms with Crippen molar-refractivity contribution in [1.82, 2.24) is 0 Å². The molecule has 0 atom stereocenters. The third kappa shape index (κ3) is 5.27. The molecule has 0 bridgehead atoms. The van der Waals surface area contributed by atoms with E-state index in [1.54, 1.807) is 6.20 Å². The van der Waals surface area contributed by atoms with E-state index in [4.69, 9.17) is 10.8 Å². The van der Waals surface area contributed by atoms with Crippen LogP contribution >= 0.6 is 0 Å². The number of nitrogens with zero attached hydrogens (tertiary/aromatic N) is 1. The van der Waals surface area contributed by atoms with Gasteiger partial charge in [-0.3, -0.25) is 9.79 Å². The average molecular weight is 247 g/mol. The number of fused-ring (bicyclic) bond motifs is 1. The molecule has 5 heteroatoms. The summed E-state index contributed by atoms with van der Waals surface area (Å²) in [5, 5.41) is 11.1. The molecule has 18 heavy (non-hydrogen) atoms. The number of rotatable bonds is 3. The molecule has 0 radical (unpaired) electrons. The summed E-state index contributed by atoms with van der Waals surface area (Å²) in [6.45, 7) is 0.465. The van der Waals surface area contributed by atoms with Crippen molar-refractivity contribution >= 4 is 17.9 Å². The monoisotopic (exact) mass is 247 g/mol. The zero-order valence-corrected chi connectivity index (χ0v) is 10.0. The predicted octanol–water partition coefficient (Wildman–Crippen LogP) is 1.81. The van der Waals surface area contributed by atoms with Crippen LogP contribution in [0.2, 0.25) is 0 Å². The summed E-state index contributed by atoms with van der Waals surface area (Å²) >= 11 is 0. The number of carboxylic acid groups (broad SMARTS) is 1. The highest BCUT2D eigenvalue weighted by atomic mass is 16.4. The second-order valence-electron chi connectivity index (χ2n) is 3.61. The highest BCUT2D eigenvalue weighted by Gasteiger charge is 1.96. The standard InChI is InChI=1S/C9H8N2.C4H9NO2/c1-2-4-9-8(3-1)7-10-5-6-11-9;5-3-1-2-4(6)7/h1-7,11H;1-3,5H2,(H,6,7). The third-order valence-corrected chi connectivity index (χ3v) is 2.17. The molecule has 2 rings (SSSR count). The van der Waals surface area contributed by atoms with E-state index >= 15 is 0 Å². The molecule has 0 saturated heterocycles. The second-order valence-corrected chi connectivity index (χ2v) is 3.61. The van der Waals surface area contributed by atoms with Gasteiger partial charge in [0.25, 0.3) is 0 Å². The Balaban J connectivity index is 0.000000203. The molecule has 0 aliphatic carbocycles. The molecular formula is C13H17N3O2. The fraction of sp³-hybridized carbons (Fsp3) is 0.231. The Kier molecular flexibility index (Phi) is 6.21. The molecule has 0 amide bonds. The van der Waals surface area contributed by atoms with Crippen molar-refractivity contribution in [1.29, 1.82) is 0 Å². The van der Waals surface area contributed by atoms with Crippen molar-refractivity contribution < 1.29 is 9.90 Å². The predicted molar refractivity (Wildman–Crippen MR) is 72.7 cm³/mol. The van der Waals surface area contributed by atoms with Gasteiger partial charge in [-0.15, -0.1) is 0 Å². The summed E-state index contributed by atoms with van der Waals surface area (Å²) in [5.74, 6) is -0.773. The van der Waals surface area contributed by atoms with Crippen LogP contribution in [0.25, 0.3) is 0 Å². The number of nitrogens with two attached hydrogens (primary N) is 1. The van der Waals surface area contributed by atoms with E-state index in [0.29, 0.717) is 13.0 Å². The molecule has 0 unspecified atom stereocenters. The van der Waals surface area contributed by atoms with Gasteiger partial charge in [-0.2, -0.15) is 0 Å². The summed E-state index contributed by atoms with van der Waals surface area (Å²) in [5.41, 5.74) is 7.24. The number of aliphatic imine (C=N–C) groups is 1.